The van der Waals surface area contributed by atoms with Crippen molar-refractivity contribution in [2.24, 2.45) is 0 Å². The Hall–Kier alpha value is -2.41. The lowest BCUT2D eigenvalue weighted by Gasteiger charge is -1.99. The van der Waals surface area contributed by atoms with Gasteiger partial charge < -0.3 is 9.73 Å². The zero-order chi connectivity index (χ0) is 14.1. The maximum absolute atomic E-state index is 10.7. The molecule has 1 aromatic carbocycles. The fraction of sp³-hybridized carbons (Fsp3) is 0.154. The highest BCUT2D eigenvalue weighted by Crippen LogP contribution is 2.24. The third-order valence-corrected chi connectivity index (χ3v) is 3.97. The summed E-state index contributed by atoms with van der Waals surface area (Å²) in [4.78, 5) is 15.7. The molecule has 0 saturated heterocycles. The van der Waals surface area contributed by atoms with Gasteiger partial charge in [-0.1, -0.05) is 0 Å². The molecule has 0 aliphatic rings. The third-order valence-electron chi connectivity index (χ3n) is 2.95. The monoisotopic (exact) mass is 289 g/mol. The van der Waals surface area contributed by atoms with Gasteiger partial charge in [-0.2, -0.15) is 4.98 Å². The smallest absolute Gasteiger partial charge is 0.295 e. The number of aryl methyl sites for hydroxylation is 1. The van der Waals surface area contributed by atoms with Crippen LogP contribution in [0, 0.1) is 17.0 Å². The van der Waals surface area contributed by atoms with Gasteiger partial charge in [0.05, 0.1) is 11.5 Å². The number of nitrogens with zero attached hydrogens (tertiary/aromatic N) is 2. The molecule has 3 rings (SSSR count). The van der Waals surface area contributed by atoms with E-state index in [1.54, 1.807) is 17.4 Å². The Morgan fingerprint density at radius 1 is 1.45 bits per heavy atom. The molecule has 1 N–H and O–H groups in total. The van der Waals surface area contributed by atoms with Gasteiger partial charge in [-0.15, -0.1) is 11.3 Å². The van der Waals surface area contributed by atoms with Crippen molar-refractivity contribution >= 4 is 34.1 Å². The molecule has 6 nitrogen and oxygen atoms in total. The van der Waals surface area contributed by atoms with Gasteiger partial charge in [0.2, 0.25) is 0 Å². The van der Waals surface area contributed by atoms with Gasteiger partial charge >= 0.3 is 0 Å². The van der Waals surface area contributed by atoms with Crippen molar-refractivity contribution in [3.63, 3.8) is 0 Å². The lowest BCUT2D eigenvalue weighted by molar-refractivity contribution is -0.384. The van der Waals surface area contributed by atoms with Gasteiger partial charge in [-0.25, -0.2) is 0 Å². The Bertz CT molecular complexity index is 778. The lowest BCUT2D eigenvalue weighted by Crippen LogP contribution is -1.98. The molecule has 0 radical (unpaired) electrons. The van der Waals surface area contributed by atoms with E-state index < -0.39 is 4.92 Å². The normalized spacial score (nSPS) is 10.8. The van der Waals surface area contributed by atoms with E-state index in [1.807, 2.05) is 12.3 Å². The number of anilines is 1. The summed E-state index contributed by atoms with van der Waals surface area (Å²) in [5.74, 6) is 0. The summed E-state index contributed by atoms with van der Waals surface area (Å²) >= 11 is 1.66. The van der Waals surface area contributed by atoms with Crippen molar-refractivity contribution in [3.05, 3.63) is 50.2 Å². The van der Waals surface area contributed by atoms with Gasteiger partial charge in [-0.05, 0) is 30.0 Å². The number of rotatable bonds is 4. The van der Waals surface area contributed by atoms with Gasteiger partial charge in [0.25, 0.3) is 11.7 Å². The van der Waals surface area contributed by atoms with Gasteiger partial charge in [0, 0.05) is 17.0 Å². The lowest BCUT2D eigenvalue weighted by atomic mass is 10.3. The number of hydrogen-bond acceptors (Lipinski definition) is 6. The number of benzene rings is 1. The highest BCUT2D eigenvalue weighted by atomic mass is 32.1. The maximum atomic E-state index is 10.7. The molecule has 0 aliphatic carbocycles. The van der Waals surface area contributed by atoms with Crippen LogP contribution in [-0.4, -0.2) is 9.91 Å². The topological polar surface area (TPSA) is 81.2 Å². The molecule has 0 fully saturated rings. The minimum atomic E-state index is -0.448. The van der Waals surface area contributed by atoms with Crippen LogP contribution in [-0.2, 0) is 6.54 Å². The van der Waals surface area contributed by atoms with E-state index in [-0.39, 0.29) is 5.69 Å². The van der Waals surface area contributed by atoms with E-state index in [0.29, 0.717) is 23.7 Å². The maximum Gasteiger partial charge on any atom is 0.295 e. The van der Waals surface area contributed by atoms with E-state index in [1.165, 1.54) is 22.6 Å². The number of hydrogen-bond donors (Lipinski definition) is 1. The number of aromatic nitrogens is 1. The molecule has 0 spiro atoms. The molecular formula is C13H11N3O3S. The van der Waals surface area contributed by atoms with Crippen LogP contribution in [0.1, 0.15) is 10.4 Å². The fourth-order valence-corrected chi connectivity index (χ4v) is 2.69. The minimum Gasteiger partial charge on any atom is -0.424 e. The first-order chi connectivity index (χ1) is 9.63. The molecule has 2 aromatic heterocycles. The predicted molar refractivity (Wildman–Crippen MR) is 77.0 cm³/mol. The highest BCUT2D eigenvalue weighted by molar-refractivity contribution is 7.10. The molecule has 0 atom stereocenters. The fourth-order valence-electron chi connectivity index (χ4n) is 1.85. The Kier molecular flexibility index (Phi) is 3.11. The highest BCUT2D eigenvalue weighted by Gasteiger charge is 2.11. The van der Waals surface area contributed by atoms with Gasteiger partial charge in [0.1, 0.15) is 5.52 Å². The molecule has 0 aliphatic heterocycles. The van der Waals surface area contributed by atoms with Crippen molar-refractivity contribution in [1.82, 2.24) is 4.98 Å². The van der Waals surface area contributed by atoms with Crippen LogP contribution in [0.15, 0.2) is 34.1 Å². The molecule has 102 valence electrons. The van der Waals surface area contributed by atoms with Crippen LogP contribution >= 0.6 is 11.3 Å². The van der Waals surface area contributed by atoms with Gasteiger partial charge in [0.15, 0.2) is 5.58 Å². The average molecular weight is 289 g/mol. The molecule has 0 amide bonds. The van der Waals surface area contributed by atoms with Gasteiger partial charge in [-0.3, -0.25) is 10.1 Å². The molecule has 0 unspecified atom stereocenters. The van der Waals surface area contributed by atoms with E-state index in [2.05, 4.69) is 16.4 Å². The standard InChI is InChI=1S/C13H11N3O3S/c1-8-4-5-20-12(8)7-14-13-15-10-6-9(16(17)18)2-3-11(10)19-13/h2-6H,7H2,1H3,(H,14,15). The number of thiophene rings is 1. The van der Waals surface area contributed by atoms with E-state index in [4.69, 9.17) is 4.42 Å². The van der Waals surface area contributed by atoms with Crippen LogP contribution in [0.25, 0.3) is 11.1 Å². The Morgan fingerprint density at radius 3 is 3.00 bits per heavy atom. The second-order valence-corrected chi connectivity index (χ2v) is 5.31. The zero-order valence-electron chi connectivity index (χ0n) is 10.6. The largest absolute Gasteiger partial charge is 0.424 e. The Morgan fingerprint density at radius 2 is 2.30 bits per heavy atom. The van der Waals surface area contributed by atoms with Crippen molar-refractivity contribution < 1.29 is 9.34 Å². The number of non-ortho nitro benzene ring substituents is 1. The van der Waals surface area contributed by atoms with Crippen molar-refractivity contribution in [2.45, 2.75) is 13.5 Å². The molecule has 20 heavy (non-hydrogen) atoms. The predicted octanol–water partition coefficient (Wildman–Crippen LogP) is 3.72. The summed E-state index contributed by atoms with van der Waals surface area (Å²) in [7, 11) is 0. The SMILES string of the molecule is Cc1ccsc1CNc1nc2cc([N+](=O)[O-])ccc2o1. The number of nitro groups is 1. The first kappa shape index (κ1) is 12.6. The number of fused-ring (bicyclic) bond motifs is 1. The second kappa shape index (κ2) is 4.93. The number of nitro benzene ring substituents is 1. The summed E-state index contributed by atoms with van der Waals surface area (Å²) in [5.41, 5.74) is 2.23. The Balaban J connectivity index is 1.82. The van der Waals surface area contributed by atoms with Crippen LogP contribution < -0.4 is 5.32 Å². The van der Waals surface area contributed by atoms with E-state index in [9.17, 15) is 10.1 Å². The Labute approximate surface area is 118 Å². The summed E-state index contributed by atoms with van der Waals surface area (Å²) < 4.78 is 5.50. The first-order valence-electron chi connectivity index (χ1n) is 5.95. The van der Waals surface area contributed by atoms with Crippen molar-refractivity contribution in [1.29, 1.82) is 0 Å². The molecule has 7 heteroatoms. The number of nitrogens with one attached hydrogen (secondary N) is 1. The summed E-state index contributed by atoms with van der Waals surface area (Å²) in [5, 5.41) is 15.8. The van der Waals surface area contributed by atoms with Crippen LogP contribution in [0.5, 0.6) is 0 Å². The molecule has 3 aromatic rings. The number of oxazole rings is 1. The molecule has 0 bridgehead atoms. The third kappa shape index (κ3) is 2.35. The summed E-state index contributed by atoms with van der Waals surface area (Å²) in [6.07, 6.45) is 0. The molecule has 2 heterocycles. The first-order valence-corrected chi connectivity index (χ1v) is 6.83. The summed E-state index contributed by atoms with van der Waals surface area (Å²) in [6, 6.07) is 6.79. The van der Waals surface area contributed by atoms with E-state index >= 15 is 0 Å². The molecular weight excluding hydrogens is 278 g/mol. The van der Waals surface area contributed by atoms with Crippen LogP contribution in [0.4, 0.5) is 11.7 Å². The molecule has 0 saturated carbocycles. The summed E-state index contributed by atoms with van der Waals surface area (Å²) in [6.45, 7) is 2.67. The van der Waals surface area contributed by atoms with Crippen molar-refractivity contribution in [3.8, 4) is 0 Å². The van der Waals surface area contributed by atoms with Crippen LogP contribution in [0.3, 0.4) is 0 Å². The van der Waals surface area contributed by atoms with E-state index in [0.717, 1.165) is 0 Å². The second-order valence-electron chi connectivity index (χ2n) is 4.31. The minimum absolute atomic E-state index is 0.00597. The average Bonchev–Trinajstić information content (AvgIpc) is 3.00. The van der Waals surface area contributed by atoms with Crippen LogP contribution in [0.2, 0.25) is 0 Å². The van der Waals surface area contributed by atoms with Crippen molar-refractivity contribution in [2.75, 3.05) is 5.32 Å². The quantitative estimate of drug-likeness (QED) is 0.584. The zero-order valence-corrected chi connectivity index (χ0v) is 11.4.